The van der Waals surface area contributed by atoms with E-state index in [0.717, 1.165) is 18.7 Å². The van der Waals surface area contributed by atoms with Crippen LogP contribution in [0.5, 0.6) is 0 Å². The van der Waals surface area contributed by atoms with Crippen molar-refractivity contribution in [3.63, 3.8) is 0 Å². The van der Waals surface area contributed by atoms with E-state index in [0.29, 0.717) is 0 Å². The molecule has 0 aliphatic carbocycles. The monoisotopic (exact) mass is 290 g/mol. The average molecular weight is 290 g/mol. The van der Waals surface area contributed by atoms with E-state index in [1.54, 1.807) is 0 Å². The maximum atomic E-state index is 11.8. The van der Waals surface area contributed by atoms with Crippen LogP contribution < -0.4 is 10.2 Å². The summed E-state index contributed by atoms with van der Waals surface area (Å²) in [5, 5.41) is 2.89. The van der Waals surface area contributed by atoms with Crippen molar-refractivity contribution in [1.82, 2.24) is 5.32 Å². The fraction of sp³-hybridized carbons (Fsp3) is 0.588. The van der Waals surface area contributed by atoms with E-state index in [2.05, 4.69) is 28.4 Å². The van der Waals surface area contributed by atoms with Gasteiger partial charge in [-0.15, -0.1) is 0 Å². The number of nitrogens with one attached hydrogen (secondary N) is 1. The van der Waals surface area contributed by atoms with Crippen LogP contribution in [0.25, 0.3) is 0 Å². The summed E-state index contributed by atoms with van der Waals surface area (Å²) in [6, 6.07) is 8.32. The van der Waals surface area contributed by atoms with Crippen molar-refractivity contribution >= 4 is 11.8 Å². The van der Waals surface area contributed by atoms with Gasteiger partial charge in [-0.3, -0.25) is 0 Å². The van der Waals surface area contributed by atoms with Gasteiger partial charge in [0.1, 0.15) is 5.60 Å². The van der Waals surface area contributed by atoms with Crippen molar-refractivity contribution < 1.29 is 9.53 Å². The summed E-state index contributed by atoms with van der Waals surface area (Å²) in [5.41, 5.74) is 1.87. The fourth-order valence-electron chi connectivity index (χ4n) is 2.53. The Hall–Kier alpha value is -1.71. The molecule has 0 bridgehead atoms. The number of benzene rings is 1. The SMILES string of the molecule is CC(NC(=O)OC(C)(C)C)c1cccc(N2CCCC2)c1. The van der Waals surface area contributed by atoms with E-state index in [1.807, 2.05) is 33.8 Å². The maximum Gasteiger partial charge on any atom is 0.408 e. The zero-order valence-electron chi connectivity index (χ0n) is 13.5. The van der Waals surface area contributed by atoms with Crippen LogP contribution in [0.15, 0.2) is 24.3 Å². The number of rotatable bonds is 3. The maximum absolute atomic E-state index is 11.8. The molecule has 1 unspecified atom stereocenters. The number of amides is 1. The Bertz CT molecular complexity index is 488. The fourth-order valence-corrected chi connectivity index (χ4v) is 2.53. The summed E-state index contributed by atoms with van der Waals surface area (Å²) in [7, 11) is 0. The molecule has 0 radical (unpaired) electrons. The highest BCUT2D eigenvalue weighted by Crippen LogP contribution is 2.24. The Morgan fingerprint density at radius 3 is 2.57 bits per heavy atom. The Labute approximate surface area is 127 Å². The van der Waals surface area contributed by atoms with E-state index < -0.39 is 5.60 Å². The average Bonchev–Trinajstić information content (AvgIpc) is 2.90. The van der Waals surface area contributed by atoms with E-state index >= 15 is 0 Å². The van der Waals surface area contributed by atoms with Crippen LogP contribution >= 0.6 is 0 Å². The van der Waals surface area contributed by atoms with Crippen molar-refractivity contribution in [2.24, 2.45) is 0 Å². The lowest BCUT2D eigenvalue weighted by atomic mass is 10.1. The smallest absolute Gasteiger partial charge is 0.408 e. The molecule has 0 spiro atoms. The Morgan fingerprint density at radius 2 is 1.95 bits per heavy atom. The quantitative estimate of drug-likeness (QED) is 0.918. The van der Waals surface area contributed by atoms with E-state index in [9.17, 15) is 4.79 Å². The third-order valence-electron chi connectivity index (χ3n) is 3.57. The first kappa shape index (κ1) is 15.7. The Morgan fingerprint density at radius 1 is 1.29 bits per heavy atom. The molecule has 1 heterocycles. The van der Waals surface area contributed by atoms with Crippen molar-refractivity contribution in [1.29, 1.82) is 0 Å². The number of carbonyl (C=O) groups excluding carboxylic acids is 1. The molecule has 4 heteroatoms. The molecule has 0 saturated carbocycles. The normalized spacial score (nSPS) is 16.7. The molecule has 1 fully saturated rings. The van der Waals surface area contributed by atoms with Gasteiger partial charge in [0.25, 0.3) is 0 Å². The molecule has 1 aliphatic heterocycles. The van der Waals surface area contributed by atoms with Crippen LogP contribution in [0.1, 0.15) is 52.1 Å². The topological polar surface area (TPSA) is 41.6 Å². The number of hydrogen-bond donors (Lipinski definition) is 1. The summed E-state index contributed by atoms with van der Waals surface area (Å²) in [5.74, 6) is 0. The molecule has 4 nitrogen and oxygen atoms in total. The predicted molar refractivity (Wildman–Crippen MR) is 85.7 cm³/mol. The molecule has 1 amide bonds. The summed E-state index contributed by atoms with van der Waals surface area (Å²) in [6.45, 7) is 9.82. The summed E-state index contributed by atoms with van der Waals surface area (Å²) >= 11 is 0. The van der Waals surface area contributed by atoms with Gasteiger partial charge in [-0.05, 0) is 58.2 Å². The highest BCUT2D eigenvalue weighted by Gasteiger charge is 2.19. The van der Waals surface area contributed by atoms with Crippen molar-refractivity contribution in [2.45, 2.75) is 52.2 Å². The van der Waals surface area contributed by atoms with Gasteiger partial charge in [-0.25, -0.2) is 4.79 Å². The lowest BCUT2D eigenvalue weighted by Gasteiger charge is -2.23. The third-order valence-corrected chi connectivity index (χ3v) is 3.57. The van der Waals surface area contributed by atoms with E-state index in [-0.39, 0.29) is 12.1 Å². The van der Waals surface area contributed by atoms with Gasteiger partial charge in [-0.1, -0.05) is 12.1 Å². The van der Waals surface area contributed by atoms with Crippen LogP contribution in [0, 0.1) is 0 Å². The minimum absolute atomic E-state index is 0.0672. The first-order valence-corrected chi connectivity index (χ1v) is 7.69. The molecule has 21 heavy (non-hydrogen) atoms. The van der Waals surface area contributed by atoms with Gasteiger partial charge in [0, 0.05) is 18.8 Å². The molecule has 0 aromatic heterocycles. The van der Waals surface area contributed by atoms with Crippen LogP contribution in [0.4, 0.5) is 10.5 Å². The van der Waals surface area contributed by atoms with Crippen molar-refractivity contribution in [2.75, 3.05) is 18.0 Å². The van der Waals surface area contributed by atoms with Gasteiger partial charge in [0.2, 0.25) is 0 Å². The zero-order chi connectivity index (χ0) is 15.5. The highest BCUT2D eigenvalue weighted by molar-refractivity contribution is 5.68. The molecule has 116 valence electrons. The van der Waals surface area contributed by atoms with E-state index in [1.165, 1.54) is 18.5 Å². The molecular formula is C17H26N2O2. The van der Waals surface area contributed by atoms with Crippen LogP contribution in [-0.4, -0.2) is 24.8 Å². The standard InChI is InChI=1S/C17H26N2O2/c1-13(18-16(20)21-17(2,3)4)14-8-7-9-15(12-14)19-10-5-6-11-19/h7-9,12-13H,5-6,10-11H2,1-4H3,(H,18,20). The third kappa shape index (κ3) is 4.66. The number of anilines is 1. The Balaban J connectivity index is 2.00. The van der Waals surface area contributed by atoms with Gasteiger partial charge in [0.15, 0.2) is 0 Å². The second-order valence-electron chi connectivity index (χ2n) is 6.66. The number of ether oxygens (including phenoxy) is 1. The number of alkyl carbamates (subject to hydrolysis) is 1. The number of carbonyl (C=O) groups is 1. The van der Waals surface area contributed by atoms with Gasteiger partial charge in [-0.2, -0.15) is 0 Å². The lowest BCUT2D eigenvalue weighted by molar-refractivity contribution is 0.0508. The molecule has 1 saturated heterocycles. The summed E-state index contributed by atoms with van der Waals surface area (Å²) in [6.07, 6.45) is 2.15. The zero-order valence-corrected chi connectivity index (χ0v) is 13.5. The van der Waals surface area contributed by atoms with Gasteiger partial charge in [0.05, 0.1) is 6.04 Å². The van der Waals surface area contributed by atoms with Crippen molar-refractivity contribution in [3.8, 4) is 0 Å². The molecule has 1 aromatic carbocycles. The molecule has 1 aromatic rings. The van der Waals surface area contributed by atoms with Gasteiger partial charge < -0.3 is 15.0 Å². The minimum Gasteiger partial charge on any atom is -0.444 e. The number of hydrogen-bond acceptors (Lipinski definition) is 3. The van der Waals surface area contributed by atoms with Gasteiger partial charge >= 0.3 is 6.09 Å². The molecule has 1 atom stereocenters. The summed E-state index contributed by atoms with van der Waals surface area (Å²) in [4.78, 5) is 14.2. The highest BCUT2D eigenvalue weighted by atomic mass is 16.6. The molecular weight excluding hydrogens is 264 g/mol. The molecule has 1 N–H and O–H groups in total. The molecule has 2 rings (SSSR count). The lowest BCUT2D eigenvalue weighted by Crippen LogP contribution is -2.34. The Kier molecular flexibility index (Phi) is 4.76. The number of nitrogens with zero attached hydrogens (tertiary/aromatic N) is 1. The first-order valence-electron chi connectivity index (χ1n) is 7.69. The van der Waals surface area contributed by atoms with Crippen LogP contribution in [0.3, 0.4) is 0 Å². The molecule has 1 aliphatic rings. The van der Waals surface area contributed by atoms with Crippen molar-refractivity contribution in [3.05, 3.63) is 29.8 Å². The predicted octanol–water partition coefficient (Wildman–Crippen LogP) is 3.87. The van der Waals surface area contributed by atoms with Crippen LogP contribution in [0.2, 0.25) is 0 Å². The minimum atomic E-state index is -0.471. The van der Waals surface area contributed by atoms with E-state index in [4.69, 9.17) is 4.74 Å². The largest absolute Gasteiger partial charge is 0.444 e. The second kappa shape index (κ2) is 6.37. The second-order valence-corrected chi connectivity index (χ2v) is 6.66. The first-order chi connectivity index (χ1) is 9.85. The summed E-state index contributed by atoms with van der Waals surface area (Å²) < 4.78 is 5.30. The van der Waals surface area contributed by atoms with Crippen LogP contribution in [-0.2, 0) is 4.74 Å².